The predicted molar refractivity (Wildman–Crippen MR) is 251 cm³/mol. The number of rotatable bonds is 9. The molecule has 10 aromatic rings. The van der Waals surface area contributed by atoms with Crippen LogP contribution in [0.3, 0.4) is 0 Å². The fraction of sp³-hybridized carbons (Fsp3) is 0. The molecule has 278 valence electrons. The first-order valence-corrected chi connectivity index (χ1v) is 20.2. The highest BCUT2D eigenvalue weighted by molar-refractivity contribution is 5.98. The predicted octanol–water partition coefficient (Wildman–Crippen LogP) is 16.3. The number of anilines is 3. The molecule has 0 spiro atoms. The average Bonchev–Trinajstić information content (AvgIpc) is 3.33. The van der Waals surface area contributed by atoms with Crippen LogP contribution >= 0.6 is 0 Å². The van der Waals surface area contributed by atoms with Crippen molar-refractivity contribution in [2.24, 2.45) is 0 Å². The summed E-state index contributed by atoms with van der Waals surface area (Å²) in [6, 6.07) is 89.8. The molecule has 0 fully saturated rings. The molecule has 0 unspecified atom stereocenters. The zero-order valence-electron chi connectivity index (χ0n) is 32.6. The summed E-state index contributed by atoms with van der Waals surface area (Å²) in [6.07, 6.45) is 0. The minimum absolute atomic E-state index is 1.09. The lowest BCUT2D eigenvalue weighted by Crippen LogP contribution is -2.11. The van der Waals surface area contributed by atoms with Crippen LogP contribution in [0.25, 0.3) is 77.5 Å². The maximum atomic E-state index is 2.41. The van der Waals surface area contributed by atoms with Crippen molar-refractivity contribution in [3.8, 4) is 66.8 Å². The summed E-state index contributed by atoms with van der Waals surface area (Å²) in [4.78, 5) is 2.41. The lowest BCUT2D eigenvalue weighted by Gasteiger charge is -2.28. The fourth-order valence-corrected chi connectivity index (χ4v) is 8.29. The van der Waals surface area contributed by atoms with Gasteiger partial charge in [-0.1, -0.05) is 206 Å². The van der Waals surface area contributed by atoms with E-state index in [-0.39, 0.29) is 0 Å². The van der Waals surface area contributed by atoms with Crippen LogP contribution in [0.1, 0.15) is 0 Å². The molecule has 10 aromatic carbocycles. The Hall–Kier alpha value is -7.74. The Morgan fingerprint density at radius 3 is 1.32 bits per heavy atom. The van der Waals surface area contributed by atoms with Gasteiger partial charge < -0.3 is 4.90 Å². The molecule has 0 bridgehead atoms. The van der Waals surface area contributed by atoms with Crippen molar-refractivity contribution in [3.05, 3.63) is 249 Å². The van der Waals surface area contributed by atoms with Crippen LogP contribution in [0.15, 0.2) is 249 Å². The maximum absolute atomic E-state index is 2.41. The monoisotopic (exact) mass is 751 g/mol. The van der Waals surface area contributed by atoms with E-state index in [1.165, 1.54) is 60.8 Å². The lowest BCUT2D eigenvalue weighted by atomic mass is 9.94. The molecule has 0 saturated carbocycles. The van der Waals surface area contributed by atoms with Crippen molar-refractivity contribution in [2.45, 2.75) is 0 Å². The van der Waals surface area contributed by atoms with Crippen LogP contribution in [0.4, 0.5) is 17.1 Å². The van der Waals surface area contributed by atoms with Crippen LogP contribution in [0.5, 0.6) is 0 Å². The van der Waals surface area contributed by atoms with E-state index >= 15 is 0 Å². The van der Waals surface area contributed by atoms with Gasteiger partial charge in [0, 0.05) is 16.9 Å². The van der Waals surface area contributed by atoms with Crippen LogP contribution in [-0.4, -0.2) is 0 Å². The van der Waals surface area contributed by atoms with Gasteiger partial charge in [-0.2, -0.15) is 0 Å². The molecule has 1 heteroatoms. The van der Waals surface area contributed by atoms with E-state index in [1.54, 1.807) is 0 Å². The third kappa shape index (κ3) is 7.34. The van der Waals surface area contributed by atoms with Crippen molar-refractivity contribution in [2.75, 3.05) is 4.90 Å². The number of hydrogen-bond donors (Lipinski definition) is 0. The first kappa shape index (κ1) is 35.7. The summed E-state index contributed by atoms with van der Waals surface area (Å²) in [5.74, 6) is 0. The highest BCUT2D eigenvalue weighted by Gasteiger charge is 2.19. The van der Waals surface area contributed by atoms with Crippen molar-refractivity contribution in [1.29, 1.82) is 0 Å². The molecule has 0 radical (unpaired) electrons. The molecule has 0 aliphatic carbocycles. The summed E-state index contributed by atoms with van der Waals surface area (Å²) in [6.45, 7) is 0. The quantitative estimate of drug-likeness (QED) is 0.142. The highest BCUT2D eigenvalue weighted by Crippen LogP contribution is 2.43. The minimum atomic E-state index is 1.09. The van der Waals surface area contributed by atoms with Gasteiger partial charge in [0.2, 0.25) is 0 Å². The molecule has 0 atom stereocenters. The second kappa shape index (κ2) is 16.0. The van der Waals surface area contributed by atoms with Crippen LogP contribution in [0.2, 0.25) is 0 Å². The number of hydrogen-bond acceptors (Lipinski definition) is 1. The molecule has 59 heavy (non-hydrogen) atoms. The van der Waals surface area contributed by atoms with Gasteiger partial charge in [0.1, 0.15) is 0 Å². The van der Waals surface area contributed by atoms with Gasteiger partial charge in [-0.3, -0.25) is 0 Å². The highest BCUT2D eigenvalue weighted by atomic mass is 15.1. The van der Waals surface area contributed by atoms with E-state index < -0.39 is 0 Å². The molecule has 10 rings (SSSR count). The molecule has 0 N–H and O–H groups in total. The topological polar surface area (TPSA) is 3.24 Å². The van der Waals surface area contributed by atoms with E-state index in [0.29, 0.717) is 0 Å². The van der Waals surface area contributed by atoms with Crippen LogP contribution < -0.4 is 4.90 Å². The van der Waals surface area contributed by atoms with Crippen molar-refractivity contribution in [1.82, 2.24) is 0 Å². The number of para-hydroxylation sites is 1. The molecule has 1 nitrogen and oxygen atoms in total. The Morgan fingerprint density at radius 2 is 0.627 bits per heavy atom. The average molecular weight is 752 g/mol. The van der Waals surface area contributed by atoms with Crippen LogP contribution in [0, 0.1) is 0 Å². The van der Waals surface area contributed by atoms with Gasteiger partial charge in [0.25, 0.3) is 0 Å². The minimum Gasteiger partial charge on any atom is -0.310 e. The Morgan fingerprint density at radius 1 is 0.220 bits per heavy atom. The van der Waals surface area contributed by atoms with Crippen molar-refractivity contribution in [3.63, 3.8) is 0 Å². The van der Waals surface area contributed by atoms with E-state index in [2.05, 4.69) is 254 Å². The van der Waals surface area contributed by atoms with Crippen molar-refractivity contribution >= 4 is 27.8 Å². The first-order chi connectivity index (χ1) is 29.2. The second-order valence-electron chi connectivity index (χ2n) is 14.9. The third-order valence-electron chi connectivity index (χ3n) is 11.3. The van der Waals surface area contributed by atoms with Gasteiger partial charge in [0.15, 0.2) is 0 Å². The van der Waals surface area contributed by atoms with Gasteiger partial charge in [-0.05, 0) is 114 Å². The van der Waals surface area contributed by atoms with E-state index in [9.17, 15) is 0 Å². The standard InChI is InChI=1S/C58H41N/c1-3-15-42(16-4-1)44-31-33-45(34-32-44)50-23-13-26-54(41-50)59(53-37-35-46(36-38-53)49-22-11-21-48(39-49)43-17-5-2-6-18-43)58-30-10-9-28-57(58)52-25-12-24-51(40-52)56-29-14-20-47-19-7-8-27-55(47)56/h1-41H. The smallest absolute Gasteiger partial charge is 0.0540 e. The Labute approximate surface area is 346 Å². The number of nitrogens with zero attached hydrogens (tertiary/aromatic N) is 1. The van der Waals surface area contributed by atoms with Crippen LogP contribution in [-0.2, 0) is 0 Å². The van der Waals surface area contributed by atoms with Gasteiger partial charge in [-0.25, -0.2) is 0 Å². The van der Waals surface area contributed by atoms with Gasteiger partial charge in [0.05, 0.1) is 5.69 Å². The second-order valence-corrected chi connectivity index (χ2v) is 14.9. The third-order valence-corrected chi connectivity index (χ3v) is 11.3. The normalized spacial score (nSPS) is 11.1. The van der Waals surface area contributed by atoms with E-state index in [0.717, 1.165) is 33.8 Å². The largest absolute Gasteiger partial charge is 0.310 e. The molecule has 0 amide bonds. The zero-order chi connectivity index (χ0) is 39.4. The molecule has 0 heterocycles. The fourth-order valence-electron chi connectivity index (χ4n) is 8.29. The SMILES string of the molecule is c1ccc(-c2ccc(-c3cccc(N(c4ccc(-c5cccc(-c6ccccc6)c5)cc4)c4ccccc4-c4cccc(-c5cccc6ccccc56)c4)c3)cc2)cc1. The molecular weight excluding hydrogens is 711 g/mol. The zero-order valence-corrected chi connectivity index (χ0v) is 32.6. The van der Waals surface area contributed by atoms with Gasteiger partial charge >= 0.3 is 0 Å². The van der Waals surface area contributed by atoms with Crippen molar-refractivity contribution < 1.29 is 0 Å². The molecule has 0 aliphatic rings. The number of benzene rings is 10. The Bertz CT molecular complexity index is 3010. The molecule has 0 aliphatic heterocycles. The molecular formula is C58H41N. The molecule has 0 saturated heterocycles. The summed E-state index contributed by atoms with van der Waals surface area (Å²) >= 11 is 0. The first-order valence-electron chi connectivity index (χ1n) is 20.2. The Kier molecular flexibility index (Phi) is 9.68. The maximum Gasteiger partial charge on any atom is 0.0540 e. The summed E-state index contributed by atoms with van der Waals surface area (Å²) in [7, 11) is 0. The Balaban J connectivity index is 1.08. The van der Waals surface area contributed by atoms with E-state index in [1.807, 2.05) is 0 Å². The van der Waals surface area contributed by atoms with Gasteiger partial charge in [-0.15, -0.1) is 0 Å². The van der Waals surface area contributed by atoms with E-state index in [4.69, 9.17) is 0 Å². The summed E-state index contributed by atoms with van der Waals surface area (Å²) in [5.41, 5.74) is 17.6. The molecule has 0 aromatic heterocycles. The summed E-state index contributed by atoms with van der Waals surface area (Å²) in [5, 5.41) is 2.50. The lowest BCUT2D eigenvalue weighted by molar-refractivity contribution is 1.28. The number of fused-ring (bicyclic) bond motifs is 1. The summed E-state index contributed by atoms with van der Waals surface area (Å²) < 4.78 is 0.